The van der Waals surface area contributed by atoms with Crippen LogP contribution < -0.4 is 0 Å². The number of aliphatic hydroxyl groups is 1. The molecule has 5 nitrogen and oxygen atoms in total. The number of fused-ring (bicyclic) bond motifs is 2. The molecule has 0 bridgehead atoms. The molecule has 0 saturated carbocycles. The van der Waals surface area contributed by atoms with Crippen LogP contribution in [-0.2, 0) is 38.4 Å². The average Bonchev–Trinajstić information content (AvgIpc) is 3.44. The van der Waals surface area contributed by atoms with Crippen molar-refractivity contribution in [2.75, 3.05) is 6.67 Å². The molecule has 0 saturated heterocycles. The number of benzene rings is 3. The Balaban J connectivity index is 0.000000403. The molecule has 0 fully saturated rings. The number of hydrogen-bond donors (Lipinski definition) is 1. The molecule has 7 heteroatoms. The Kier molecular flexibility index (Phi) is 15.7. The molecule has 2 heterocycles. The van der Waals surface area contributed by atoms with E-state index in [0.717, 1.165) is 81.4 Å². The summed E-state index contributed by atoms with van der Waals surface area (Å²) in [5.41, 5.74) is 9.30. The Hall–Kier alpha value is -3.67. The third-order valence-electron chi connectivity index (χ3n) is 10.4. The van der Waals surface area contributed by atoms with Gasteiger partial charge in [-0.15, -0.1) is 29.1 Å². The van der Waals surface area contributed by atoms with Crippen molar-refractivity contribution in [2.24, 2.45) is 24.3 Å². The predicted molar refractivity (Wildman–Crippen MR) is 217 cm³/mol. The fourth-order valence-corrected chi connectivity index (χ4v) is 7.33. The largest absolute Gasteiger partial charge is 0.512 e. The number of pyridine rings is 1. The SMILES string of the molecule is CCC(CC)C(=O)/C=C(\O)C(CC)CC.Cc1cc(CC(C)(C)CF)cc(C)c1-c1nc2ccnc(-c3[c-]c4ccccc4c(C(C)C)c3)c2n1C.[Ir]. The Bertz CT molecular complexity index is 2010. The Labute approximate surface area is 330 Å². The number of ketones is 1. The maximum absolute atomic E-state index is 13.5. The van der Waals surface area contributed by atoms with E-state index < -0.39 is 0 Å². The second-order valence-electron chi connectivity index (χ2n) is 15.4. The summed E-state index contributed by atoms with van der Waals surface area (Å²) in [6, 6.07) is 20.7. The van der Waals surface area contributed by atoms with E-state index in [1.165, 1.54) is 17.0 Å². The first-order valence-corrected chi connectivity index (χ1v) is 19.1. The van der Waals surface area contributed by atoms with Crippen LogP contribution in [0.1, 0.15) is 109 Å². The predicted octanol–water partition coefficient (Wildman–Crippen LogP) is 12.4. The number of allylic oxidation sites excluding steroid dienone is 2. The number of aryl methyl sites for hydroxylation is 3. The molecular formula is C46H59FIrN3O2-. The minimum atomic E-state index is -0.371. The van der Waals surface area contributed by atoms with Crippen molar-refractivity contribution in [3.63, 3.8) is 0 Å². The number of hydrogen-bond acceptors (Lipinski definition) is 4. The van der Waals surface area contributed by atoms with Crippen LogP contribution in [0.2, 0.25) is 0 Å². The Morgan fingerprint density at radius 3 is 2.13 bits per heavy atom. The van der Waals surface area contributed by atoms with E-state index in [4.69, 9.17) is 9.97 Å². The number of aromatic nitrogens is 3. The summed E-state index contributed by atoms with van der Waals surface area (Å²) in [5, 5.41) is 12.1. The number of carbonyl (C=O) groups excluding carboxylic acids is 1. The zero-order valence-corrected chi connectivity index (χ0v) is 36.1. The van der Waals surface area contributed by atoms with Gasteiger partial charge in [-0.3, -0.25) is 14.2 Å². The summed E-state index contributed by atoms with van der Waals surface area (Å²) in [6.45, 7) is 20.4. The second kappa shape index (κ2) is 19.1. The summed E-state index contributed by atoms with van der Waals surface area (Å²) < 4.78 is 15.6. The maximum Gasteiger partial charge on any atom is 0.162 e. The third-order valence-corrected chi connectivity index (χ3v) is 10.4. The van der Waals surface area contributed by atoms with Gasteiger partial charge in [0.25, 0.3) is 0 Å². The number of imidazole rings is 1. The van der Waals surface area contributed by atoms with Crippen molar-refractivity contribution in [2.45, 2.75) is 107 Å². The first-order chi connectivity index (χ1) is 24.7. The molecule has 5 aromatic rings. The van der Waals surface area contributed by atoms with Gasteiger partial charge in [-0.05, 0) is 80.0 Å². The second-order valence-corrected chi connectivity index (χ2v) is 15.4. The minimum absolute atomic E-state index is 0. The minimum Gasteiger partial charge on any atom is -0.512 e. The first-order valence-electron chi connectivity index (χ1n) is 19.1. The molecule has 0 unspecified atom stereocenters. The number of rotatable bonds is 13. The van der Waals surface area contributed by atoms with E-state index in [2.05, 4.69) is 87.8 Å². The number of halogens is 1. The van der Waals surface area contributed by atoms with E-state index in [1.807, 2.05) is 53.8 Å². The van der Waals surface area contributed by atoms with Gasteiger partial charge in [0.1, 0.15) is 5.82 Å². The summed E-state index contributed by atoms with van der Waals surface area (Å²) >= 11 is 0. The molecule has 0 aliphatic heterocycles. The molecule has 5 rings (SSSR count). The van der Waals surface area contributed by atoms with Crippen molar-refractivity contribution < 1.29 is 34.4 Å². The molecule has 53 heavy (non-hydrogen) atoms. The standard InChI is InChI=1S/C33H35FN3.C13H24O2.Ir/c1-20(2)27-17-25(16-24-10-8-9-11-26(24)27)30-31-28(12-13-35-30)36-32(37(31)7)29-21(3)14-23(15-22(29)4)18-33(5,6)19-34;1-5-10(6-2)12(14)9-13(15)11(7-3)8-4;/h8-15,17,20H,18-19H2,1-7H3;9-11,14H,5-8H2,1-4H3;/q-1;;/b;12-9-;. The van der Waals surface area contributed by atoms with Gasteiger partial charge in [0, 0.05) is 62.5 Å². The van der Waals surface area contributed by atoms with Gasteiger partial charge in [0.05, 0.1) is 23.5 Å². The van der Waals surface area contributed by atoms with Crippen molar-refractivity contribution >= 4 is 27.6 Å². The average molecular weight is 897 g/mol. The number of nitrogens with zero attached hydrogens (tertiary/aromatic N) is 3. The van der Waals surface area contributed by atoms with Gasteiger partial charge < -0.3 is 9.67 Å². The molecule has 287 valence electrons. The Morgan fingerprint density at radius 2 is 1.57 bits per heavy atom. The quantitative estimate of drug-likeness (QED) is 0.0726. The van der Waals surface area contributed by atoms with Gasteiger partial charge >= 0.3 is 0 Å². The smallest absolute Gasteiger partial charge is 0.162 e. The number of carbonyl (C=O) groups is 1. The monoisotopic (exact) mass is 897 g/mol. The molecule has 0 aliphatic carbocycles. The van der Waals surface area contributed by atoms with Crippen molar-refractivity contribution in [3.8, 4) is 22.6 Å². The molecule has 1 N–H and O–H groups in total. The fourth-order valence-electron chi connectivity index (χ4n) is 7.33. The van der Waals surface area contributed by atoms with Crippen molar-refractivity contribution in [1.82, 2.24) is 14.5 Å². The van der Waals surface area contributed by atoms with Crippen LogP contribution in [0.5, 0.6) is 0 Å². The zero-order chi connectivity index (χ0) is 38.3. The van der Waals surface area contributed by atoms with Crippen LogP contribution >= 0.6 is 0 Å². The molecule has 0 aliphatic rings. The molecule has 0 amide bonds. The van der Waals surface area contributed by atoms with Gasteiger partial charge in [0.2, 0.25) is 0 Å². The molecule has 0 spiro atoms. The zero-order valence-electron chi connectivity index (χ0n) is 33.7. The van der Waals surface area contributed by atoms with Gasteiger partial charge in [-0.2, -0.15) is 0 Å². The van der Waals surface area contributed by atoms with E-state index in [9.17, 15) is 14.3 Å². The molecule has 2 aromatic heterocycles. The third kappa shape index (κ3) is 10.1. The van der Waals surface area contributed by atoms with Crippen LogP contribution in [0.15, 0.2) is 66.6 Å². The van der Waals surface area contributed by atoms with Gasteiger partial charge in [0.15, 0.2) is 5.78 Å². The molecule has 0 atom stereocenters. The summed E-state index contributed by atoms with van der Waals surface area (Å²) in [6.07, 6.45) is 7.45. The van der Waals surface area contributed by atoms with E-state index in [0.29, 0.717) is 12.3 Å². The van der Waals surface area contributed by atoms with Crippen molar-refractivity contribution in [1.29, 1.82) is 0 Å². The van der Waals surface area contributed by atoms with Crippen LogP contribution in [0.25, 0.3) is 44.5 Å². The number of alkyl halides is 1. The molecular weight excluding hydrogens is 838 g/mol. The van der Waals surface area contributed by atoms with E-state index in [-0.39, 0.29) is 55.6 Å². The summed E-state index contributed by atoms with van der Waals surface area (Å²) in [7, 11) is 2.07. The molecule has 1 radical (unpaired) electrons. The summed E-state index contributed by atoms with van der Waals surface area (Å²) in [4.78, 5) is 21.6. The molecule has 3 aromatic carbocycles. The van der Waals surface area contributed by atoms with Crippen LogP contribution in [0.4, 0.5) is 4.39 Å². The van der Waals surface area contributed by atoms with Crippen LogP contribution in [0, 0.1) is 37.2 Å². The maximum atomic E-state index is 13.5. The topological polar surface area (TPSA) is 68.0 Å². The first kappa shape index (κ1) is 43.7. The van der Waals surface area contributed by atoms with Crippen molar-refractivity contribution in [3.05, 3.63) is 94.9 Å². The van der Waals surface area contributed by atoms with Crippen LogP contribution in [0.3, 0.4) is 0 Å². The van der Waals surface area contributed by atoms with E-state index in [1.54, 1.807) is 0 Å². The summed E-state index contributed by atoms with van der Waals surface area (Å²) in [5.74, 6) is 1.84. The Morgan fingerprint density at radius 1 is 0.962 bits per heavy atom. The van der Waals surface area contributed by atoms with Gasteiger partial charge in [-0.1, -0.05) is 96.7 Å². The fraction of sp³-hybridized carbons (Fsp3) is 0.457. The van der Waals surface area contributed by atoms with E-state index >= 15 is 0 Å². The number of aliphatic hydroxyl groups excluding tert-OH is 1. The normalized spacial score (nSPS) is 12.1. The van der Waals surface area contributed by atoms with Crippen LogP contribution in [-0.4, -0.2) is 32.1 Å². The van der Waals surface area contributed by atoms with Gasteiger partial charge in [-0.25, -0.2) is 4.98 Å².